The number of rotatable bonds is 7. The maximum absolute atomic E-state index is 11.8. The van der Waals surface area contributed by atoms with E-state index in [1.54, 1.807) is 0 Å². The first kappa shape index (κ1) is 11.7. The van der Waals surface area contributed by atoms with Crippen molar-refractivity contribution in [3.05, 3.63) is 0 Å². The van der Waals surface area contributed by atoms with Crippen LogP contribution in [0.25, 0.3) is 0 Å². The van der Waals surface area contributed by atoms with E-state index in [1.807, 2.05) is 0 Å². The van der Waals surface area contributed by atoms with Crippen molar-refractivity contribution in [3.63, 3.8) is 0 Å². The number of hydrogen-bond donors (Lipinski definition) is 0. The van der Waals surface area contributed by atoms with Crippen LogP contribution in [-0.4, -0.2) is 20.9 Å². The molecule has 0 aromatic heterocycles. The Bertz CT molecular complexity index is 76.5. The summed E-state index contributed by atoms with van der Waals surface area (Å²) < 4.78 is 23.9. The SMILES string of the molecule is CCCCCCC[CH2][Sn]([F])[F]. The van der Waals surface area contributed by atoms with Crippen LogP contribution in [0.5, 0.6) is 0 Å². The minimum atomic E-state index is -3.70. The number of hydrogen-bond acceptors (Lipinski definition) is 0. The van der Waals surface area contributed by atoms with E-state index < -0.39 is 20.9 Å². The van der Waals surface area contributed by atoms with Crippen LogP contribution in [0.3, 0.4) is 0 Å². The monoisotopic (exact) mass is 271 g/mol. The van der Waals surface area contributed by atoms with Gasteiger partial charge in [0.2, 0.25) is 0 Å². The zero-order valence-electron chi connectivity index (χ0n) is 7.21. The second-order valence-electron chi connectivity index (χ2n) is 2.86. The summed E-state index contributed by atoms with van der Waals surface area (Å²) >= 11 is -3.70. The topological polar surface area (TPSA) is 0 Å². The Labute approximate surface area is 76.7 Å². The van der Waals surface area contributed by atoms with Gasteiger partial charge in [-0.2, -0.15) is 0 Å². The van der Waals surface area contributed by atoms with Crippen LogP contribution in [-0.2, 0) is 0 Å². The van der Waals surface area contributed by atoms with Crippen LogP contribution in [0, 0.1) is 0 Å². The van der Waals surface area contributed by atoms with Gasteiger partial charge in [0.1, 0.15) is 0 Å². The summed E-state index contributed by atoms with van der Waals surface area (Å²) in [5, 5.41) is 0. The van der Waals surface area contributed by atoms with E-state index in [0.717, 1.165) is 19.3 Å². The van der Waals surface area contributed by atoms with Crippen LogP contribution in [0.2, 0.25) is 4.44 Å². The zero-order chi connectivity index (χ0) is 8.53. The molecule has 0 saturated heterocycles. The molecule has 0 atom stereocenters. The molecule has 11 heavy (non-hydrogen) atoms. The quantitative estimate of drug-likeness (QED) is 0.488. The molecule has 0 aliphatic rings. The summed E-state index contributed by atoms with van der Waals surface area (Å²) in [5.41, 5.74) is 0. The summed E-state index contributed by atoms with van der Waals surface area (Å²) in [6.45, 7) is 2.16. The molecule has 0 aliphatic carbocycles. The minimum absolute atomic E-state index is 0.286. The first-order valence-corrected chi connectivity index (χ1v) is 8.61. The van der Waals surface area contributed by atoms with Crippen molar-refractivity contribution in [2.45, 2.75) is 49.9 Å². The molecule has 1 radical (unpaired) electrons. The average molecular weight is 270 g/mol. The second kappa shape index (κ2) is 8.75. The molecule has 0 aromatic carbocycles. The van der Waals surface area contributed by atoms with Gasteiger partial charge in [0.25, 0.3) is 0 Å². The van der Waals surface area contributed by atoms with Crippen molar-refractivity contribution < 1.29 is 5.73 Å². The van der Waals surface area contributed by atoms with Crippen molar-refractivity contribution >= 4 is 20.9 Å². The second-order valence-corrected chi connectivity index (χ2v) is 6.22. The molecule has 0 heterocycles. The summed E-state index contributed by atoms with van der Waals surface area (Å²) in [6, 6.07) is 0. The van der Waals surface area contributed by atoms with Crippen LogP contribution in [0.1, 0.15) is 45.4 Å². The Morgan fingerprint density at radius 1 is 0.909 bits per heavy atom. The van der Waals surface area contributed by atoms with Gasteiger partial charge < -0.3 is 0 Å². The van der Waals surface area contributed by atoms with Gasteiger partial charge in [-0.1, -0.05) is 0 Å². The van der Waals surface area contributed by atoms with E-state index in [0.29, 0.717) is 0 Å². The van der Waals surface area contributed by atoms with E-state index >= 15 is 0 Å². The first-order valence-electron chi connectivity index (χ1n) is 4.44. The molecule has 0 spiro atoms. The van der Waals surface area contributed by atoms with Gasteiger partial charge in [-0.25, -0.2) is 0 Å². The van der Waals surface area contributed by atoms with Gasteiger partial charge >= 0.3 is 76.5 Å². The van der Waals surface area contributed by atoms with Crippen LogP contribution >= 0.6 is 0 Å². The zero-order valence-corrected chi connectivity index (χ0v) is 10.1. The van der Waals surface area contributed by atoms with Crippen molar-refractivity contribution in [3.8, 4) is 0 Å². The molecule has 0 rings (SSSR count). The fourth-order valence-electron chi connectivity index (χ4n) is 1.04. The molecule has 0 bridgehead atoms. The first-order chi connectivity index (χ1) is 5.27. The fourth-order valence-corrected chi connectivity index (χ4v) is 2.52. The predicted octanol–water partition coefficient (Wildman–Crippen LogP) is 3.77. The molecule has 0 unspecified atom stereocenters. The summed E-state index contributed by atoms with van der Waals surface area (Å²) in [6.07, 6.45) is 6.69. The normalized spacial score (nSPS) is 10.9. The van der Waals surface area contributed by atoms with Crippen LogP contribution < -0.4 is 0 Å². The number of unbranched alkanes of at least 4 members (excludes halogenated alkanes) is 5. The van der Waals surface area contributed by atoms with Gasteiger partial charge in [-0.3, -0.25) is 0 Å². The van der Waals surface area contributed by atoms with E-state index in [4.69, 9.17) is 0 Å². The molecular formula is C8H17F2Sn. The molecule has 0 N–H and O–H groups in total. The molecule has 3 heteroatoms. The molecule has 67 valence electrons. The molecule has 0 fully saturated rings. The fraction of sp³-hybridized carbons (Fsp3) is 1.00. The molecule has 0 aliphatic heterocycles. The van der Waals surface area contributed by atoms with Crippen LogP contribution in [0.15, 0.2) is 0 Å². The van der Waals surface area contributed by atoms with Crippen molar-refractivity contribution in [1.29, 1.82) is 0 Å². The average Bonchev–Trinajstić information content (AvgIpc) is 1.96. The Hall–Kier alpha value is 0.659. The van der Waals surface area contributed by atoms with Crippen molar-refractivity contribution in [2.75, 3.05) is 0 Å². The summed E-state index contributed by atoms with van der Waals surface area (Å²) in [4.78, 5) is 0. The standard InChI is InChI=1S/C8H17.2FH.Sn/c1-3-5-7-8-6-4-2;;;/h1,3-8H2,2H3;2*1H;/q;;;+2/p-2. The Morgan fingerprint density at radius 2 is 1.45 bits per heavy atom. The Kier molecular flexibility index (Phi) is 9.28. The molecule has 0 aromatic rings. The maximum atomic E-state index is 11.8. The third kappa shape index (κ3) is 10.7. The van der Waals surface area contributed by atoms with Gasteiger partial charge in [0, 0.05) is 0 Å². The van der Waals surface area contributed by atoms with E-state index in [2.05, 4.69) is 6.92 Å². The van der Waals surface area contributed by atoms with Gasteiger partial charge in [0.05, 0.1) is 0 Å². The Morgan fingerprint density at radius 3 is 2.00 bits per heavy atom. The summed E-state index contributed by atoms with van der Waals surface area (Å²) in [7, 11) is 0. The third-order valence-corrected chi connectivity index (χ3v) is 3.81. The van der Waals surface area contributed by atoms with E-state index in [1.165, 1.54) is 19.3 Å². The van der Waals surface area contributed by atoms with Crippen molar-refractivity contribution in [2.24, 2.45) is 0 Å². The molecule has 0 nitrogen and oxygen atoms in total. The van der Waals surface area contributed by atoms with Gasteiger partial charge in [0.15, 0.2) is 0 Å². The molecule has 0 saturated carbocycles. The molecular weight excluding hydrogens is 253 g/mol. The third-order valence-electron chi connectivity index (χ3n) is 1.72. The van der Waals surface area contributed by atoms with E-state index in [9.17, 15) is 5.73 Å². The predicted molar refractivity (Wildman–Crippen MR) is 46.2 cm³/mol. The van der Waals surface area contributed by atoms with Crippen molar-refractivity contribution in [1.82, 2.24) is 0 Å². The van der Waals surface area contributed by atoms with Crippen LogP contribution in [0.4, 0.5) is 5.73 Å². The number of halogens is 2. The Balaban J connectivity index is 2.80. The van der Waals surface area contributed by atoms with Gasteiger partial charge in [-0.05, 0) is 0 Å². The molecule has 0 amide bonds. The van der Waals surface area contributed by atoms with Gasteiger partial charge in [-0.15, -0.1) is 0 Å². The summed E-state index contributed by atoms with van der Waals surface area (Å²) in [5.74, 6) is 0. The van der Waals surface area contributed by atoms with E-state index in [-0.39, 0.29) is 4.44 Å².